The summed E-state index contributed by atoms with van der Waals surface area (Å²) in [6, 6.07) is 0. The molecular weight excluding hydrogens is 202 g/mol. The molecule has 0 fully saturated rings. The van der Waals surface area contributed by atoms with E-state index in [9.17, 15) is 0 Å². The Labute approximate surface area is 101 Å². The van der Waals surface area contributed by atoms with Crippen LogP contribution in [-0.2, 0) is 9.47 Å². The minimum Gasteiger partial charge on any atom is -0.353 e. The van der Waals surface area contributed by atoms with Crippen LogP contribution < -0.4 is 0 Å². The van der Waals surface area contributed by atoms with Gasteiger partial charge < -0.3 is 14.4 Å². The van der Waals surface area contributed by atoms with E-state index in [2.05, 4.69) is 32.7 Å². The Bertz CT molecular complexity index is 160. The van der Waals surface area contributed by atoms with Crippen molar-refractivity contribution in [2.45, 2.75) is 47.3 Å². The summed E-state index contributed by atoms with van der Waals surface area (Å²) in [5.41, 5.74) is 0.349. The number of rotatable bonds is 8. The van der Waals surface area contributed by atoms with Gasteiger partial charge in [0.15, 0.2) is 6.29 Å². The molecule has 0 unspecified atom stereocenters. The Balaban J connectivity index is 3.81. The van der Waals surface area contributed by atoms with E-state index in [1.165, 1.54) is 0 Å². The third-order valence-electron chi connectivity index (χ3n) is 2.20. The predicted octanol–water partition coefficient (Wildman–Crippen LogP) is 2.75. The fourth-order valence-electron chi connectivity index (χ4n) is 1.80. The van der Waals surface area contributed by atoms with Crippen molar-refractivity contribution in [1.82, 2.24) is 4.90 Å². The summed E-state index contributed by atoms with van der Waals surface area (Å²) in [7, 11) is 2.15. The van der Waals surface area contributed by atoms with Gasteiger partial charge in [-0.15, -0.1) is 0 Å². The molecule has 0 aliphatic heterocycles. The van der Waals surface area contributed by atoms with Gasteiger partial charge in [-0.2, -0.15) is 0 Å². The van der Waals surface area contributed by atoms with Gasteiger partial charge in [0.2, 0.25) is 0 Å². The molecule has 98 valence electrons. The molecule has 0 atom stereocenters. The van der Waals surface area contributed by atoms with Crippen LogP contribution in [0.25, 0.3) is 0 Å². The van der Waals surface area contributed by atoms with Crippen LogP contribution in [-0.4, -0.2) is 44.5 Å². The highest BCUT2D eigenvalue weighted by atomic mass is 16.7. The minimum atomic E-state index is -0.0441. The zero-order chi connectivity index (χ0) is 12.6. The van der Waals surface area contributed by atoms with Gasteiger partial charge in [-0.3, -0.25) is 0 Å². The molecule has 3 heteroatoms. The van der Waals surface area contributed by atoms with E-state index in [0.717, 1.165) is 19.5 Å². The van der Waals surface area contributed by atoms with Crippen molar-refractivity contribution >= 4 is 0 Å². The lowest BCUT2D eigenvalue weighted by Crippen LogP contribution is -2.32. The maximum Gasteiger partial charge on any atom is 0.158 e. The molecule has 0 rings (SSSR count). The van der Waals surface area contributed by atoms with E-state index in [0.29, 0.717) is 18.6 Å². The van der Waals surface area contributed by atoms with Crippen LogP contribution >= 0.6 is 0 Å². The van der Waals surface area contributed by atoms with Crippen LogP contribution in [0, 0.1) is 5.41 Å². The SMILES string of the molecule is CCOC(CCN(C)CC(C)(C)C)OCC. The lowest BCUT2D eigenvalue weighted by molar-refractivity contribution is -0.141. The molecule has 0 aliphatic carbocycles. The normalized spacial score (nSPS) is 12.8. The maximum atomic E-state index is 5.51. The van der Waals surface area contributed by atoms with Gasteiger partial charge in [0.1, 0.15) is 0 Å². The summed E-state index contributed by atoms with van der Waals surface area (Å²) in [4.78, 5) is 2.34. The molecule has 16 heavy (non-hydrogen) atoms. The summed E-state index contributed by atoms with van der Waals surface area (Å²) in [6.07, 6.45) is 0.895. The molecule has 0 saturated heterocycles. The maximum absolute atomic E-state index is 5.51. The monoisotopic (exact) mass is 231 g/mol. The standard InChI is InChI=1S/C13H29NO2/c1-7-15-12(16-8-2)9-10-14(6)11-13(3,4)5/h12H,7-11H2,1-6H3. The molecule has 0 aromatic heterocycles. The zero-order valence-electron chi connectivity index (χ0n) is 11.9. The summed E-state index contributed by atoms with van der Waals surface area (Å²) >= 11 is 0. The van der Waals surface area contributed by atoms with E-state index in [1.807, 2.05) is 13.8 Å². The van der Waals surface area contributed by atoms with Crippen molar-refractivity contribution in [2.75, 3.05) is 33.4 Å². The average molecular weight is 231 g/mol. The van der Waals surface area contributed by atoms with E-state index >= 15 is 0 Å². The van der Waals surface area contributed by atoms with Crippen molar-refractivity contribution in [3.63, 3.8) is 0 Å². The van der Waals surface area contributed by atoms with Crippen molar-refractivity contribution in [1.29, 1.82) is 0 Å². The van der Waals surface area contributed by atoms with E-state index in [-0.39, 0.29) is 6.29 Å². The lowest BCUT2D eigenvalue weighted by atomic mass is 9.96. The summed E-state index contributed by atoms with van der Waals surface area (Å²) in [5, 5.41) is 0. The molecule has 0 aromatic rings. The second kappa shape index (κ2) is 8.04. The quantitative estimate of drug-likeness (QED) is 0.600. The molecular formula is C13H29NO2. The van der Waals surface area contributed by atoms with Crippen LogP contribution in [0.2, 0.25) is 0 Å². The fraction of sp³-hybridized carbons (Fsp3) is 1.00. The van der Waals surface area contributed by atoms with Gasteiger partial charge in [0.25, 0.3) is 0 Å². The molecule has 0 saturated carbocycles. The first kappa shape index (κ1) is 15.9. The fourth-order valence-corrected chi connectivity index (χ4v) is 1.80. The van der Waals surface area contributed by atoms with Gasteiger partial charge in [0.05, 0.1) is 0 Å². The average Bonchev–Trinajstić information content (AvgIpc) is 2.12. The van der Waals surface area contributed by atoms with Crippen LogP contribution in [0.4, 0.5) is 0 Å². The highest BCUT2D eigenvalue weighted by molar-refractivity contribution is 4.66. The van der Waals surface area contributed by atoms with Gasteiger partial charge >= 0.3 is 0 Å². The second-order valence-electron chi connectivity index (χ2n) is 5.43. The van der Waals surface area contributed by atoms with Gasteiger partial charge in [-0.25, -0.2) is 0 Å². The van der Waals surface area contributed by atoms with Gasteiger partial charge in [0, 0.05) is 32.7 Å². The van der Waals surface area contributed by atoms with Crippen molar-refractivity contribution in [2.24, 2.45) is 5.41 Å². The van der Waals surface area contributed by atoms with E-state index in [4.69, 9.17) is 9.47 Å². The Morgan fingerprint density at radius 1 is 1.06 bits per heavy atom. The topological polar surface area (TPSA) is 21.7 Å². The van der Waals surface area contributed by atoms with Crippen LogP contribution in [0.3, 0.4) is 0 Å². The Morgan fingerprint density at radius 2 is 1.56 bits per heavy atom. The molecule has 0 aliphatic rings. The highest BCUT2D eigenvalue weighted by Gasteiger charge is 2.15. The molecule has 0 radical (unpaired) electrons. The summed E-state index contributed by atoms with van der Waals surface area (Å²) in [6.45, 7) is 14.3. The van der Waals surface area contributed by atoms with Crippen molar-refractivity contribution < 1.29 is 9.47 Å². The molecule has 0 heterocycles. The molecule has 0 amide bonds. The highest BCUT2D eigenvalue weighted by Crippen LogP contribution is 2.14. The first-order valence-electron chi connectivity index (χ1n) is 6.30. The predicted molar refractivity (Wildman–Crippen MR) is 68.6 cm³/mol. The Hall–Kier alpha value is -0.120. The number of ether oxygens (including phenoxy) is 2. The first-order chi connectivity index (χ1) is 7.39. The third kappa shape index (κ3) is 9.13. The smallest absolute Gasteiger partial charge is 0.158 e. The van der Waals surface area contributed by atoms with Crippen LogP contribution in [0.15, 0.2) is 0 Å². The molecule has 0 bridgehead atoms. The first-order valence-corrected chi connectivity index (χ1v) is 6.30. The largest absolute Gasteiger partial charge is 0.353 e. The molecule has 0 N–H and O–H groups in total. The van der Waals surface area contributed by atoms with Gasteiger partial charge in [-0.1, -0.05) is 20.8 Å². The summed E-state index contributed by atoms with van der Waals surface area (Å²) in [5.74, 6) is 0. The van der Waals surface area contributed by atoms with Gasteiger partial charge in [-0.05, 0) is 26.3 Å². The lowest BCUT2D eigenvalue weighted by Gasteiger charge is -2.27. The van der Waals surface area contributed by atoms with Crippen LogP contribution in [0.1, 0.15) is 41.0 Å². The minimum absolute atomic E-state index is 0.0441. The zero-order valence-corrected chi connectivity index (χ0v) is 11.9. The number of hydrogen-bond donors (Lipinski definition) is 0. The van der Waals surface area contributed by atoms with Crippen molar-refractivity contribution in [3.8, 4) is 0 Å². The molecule has 3 nitrogen and oxygen atoms in total. The van der Waals surface area contributed by atoms with Crippen molar-refractivity contribution in [3.05, 3.63) is 0 Å². The van der Waals surface area contributed by atoms with E-state index in [1.54, 1.807) is 0 Å². The van der Waals surface area contributed by atoms with E-state index < -0.39 is 0 Å². The number of hydrogen-bond acceptors (Lipinski definition) is 3. The van der Waals surface area contributed by atoms with Crippen LogP contribution in [0.5, 0.6) is 0 Å². The second-order valence-corrected chi connectivity index (χ2v) is 5.43. The Morgan fingerprint density at radius 3 is 1.94 bits per heavy atom. The summed E-state index contributed by atoms with van der Waals surface area (Å²) < 4.78 is 11.0. The molecule has 0 aromatic carbocycles. The number of nitrogens with zero attached hydrogens (tertiary/aromatic N) is 1. The molecule has 0 spiro atoms. The Kier molecular flexibility index (Phi) is 7.98. The third-order valence-corrected chi connectivity index (χ3v) is 2.20.